The number of aliphatic hydroxyl groups is 3. The van der Waals surface area contributed by atoms with Crippen LogP contribution in [-0.4, -0.2) is 145 Å². The zero-order valence-corrected chi connectivity index (χ0v) is 85.8. The number of carbonyl (C=O) groups is 3. The van der Waals surface area contributed by atoms with Crippen LogP contribution in [0, 0.1) is 72.5 Å². The molecule has 12 aliphatic rings. The number of ether oxygens (including phenoxy) is 3. The number of hydrogen-bond acceptors (Lipinski definition) is 18. The van der Waals surface area contributed by atoms with Crippen molar-refractivity contribution in [2.75, 3.05) is 37.1 Å². The Morgan fingerprint density at radius 3 is 0.758 bits per heavy atom. The molecular formula is C107H112F18O18S6. The van der Waals surface area contributed by atoms with E-state index in [0.29, 0.717) is 121 Å². The minimum Gasteiger partial charge on any atom is -0.748 e. The van der Waals surface area contributed by atoms with Crippen LogP contribution >= 0.6 is 0 Å². The van der Waals surface area contributed by atoms with Crippen LogP contribution in [0.4, 0.5) is 79.0 Å². The Kier molecular flexibility index (Phi) is 36.6. The molecule has 12 fully saturated rings. The number of hydrogen-bond donors (Lipinski definition) is 3. The van der Waals surface area contributed by atoms with Gasteiger partial charge >= 0.3 is 48.8 Å². The number of alkyl halides is 18. The standard InChI is InChI=1S/C21H12F9S.C21H21S.C20H13F6S.3C15H23FO6S/c22-19(23,24)13-7-1-4-10-16(13)31(17-11-5-2-8-14(17)20(25,26)27)18-12-6-3-9-15(18)21(28,29)30;1-16-10-4-7-13-19(16)22(20-14-8-5-11-17(20)2)21-15-9-6-12-18(21)3;21-19(22,23)14-11-15(20(24,25)26)13-18(12-14)27(16-7-3-1-4-8-16)17-9-5-2-6-10-17;3*16-12(8-23(19,20)21)1-2-22-13(17)14-4-10-3-11(5-14)7-15(18,6-10)9-14/h1-12H;4-15H,1-3H3;1-13H;3*10-12,18H,1-9H2,(H,19,20,21)/q3*+1;;;/p-3. The minimum atomic E-state index is -4.98. The van der Waals surface area contributed by atoms with Crippen molar-refractivity contribution in [1.29, 1.82) is 0 Å². The molecule has 0 heterocycles. The van der Waals surface area contributed by atoms with E-state index in [1.165, 1.54) is 31.4 Å². The number of esters is 3. The predicted molar refractivity (Wildman–Crippen MR) is 515 cm³/mol. The maximum absolute atomic E-state index is 13.7. The van der Waals surface area contributed by atoms with Crippen molar-refractivity contribution in [3.63, 3.8) is 0 Å². The maximum Gasteiger partial charge on any atom is 0.421 e. The third kappa shape index (κ3) is 30.5. The molecule has 9 aromatic rings. The van der Waals surface area contributed by atoms with Gasteiger partial charge in [0.2, 0.25) is 0 Å². The lowest BCUT2D eigenvalue weighted by Crippen LogP contribution is -2.58. The average molecular weight is 2220 g/mol. The molecular weight excluding hydrogens is 2110 g/mol. The SMILES string of the molecule is Cc1ccccc1[S+](c1ccccc1C)c1ccccc1C.FC(F)(F)c1cc([S+](c2ccccc2)c2ccccc2)cc(C(F)(F)F)c1.FC(F)(F)c1ccccc1[S+](c1ccccc1C(F)(F)F)c1ccccc1C(F)(F)F.O=C(OCCC(F)CS(=O)(=O)[O-])C12CC3CC(CC(O)(C3)C1)C2.O=C(OCCC(F)CS(=O)(=O)[O-])C12CC3CC(CC(O)(C3)C1)C2.O=C(OCCC(F)CS(=O)(=O)[O-])C12CC3CC(CC(O)(C3)C1)C2. The van der Waals surface area contributed by atoms with E-state index in [1.54, 1.807) is 60.7 Å². The van der Waals surface area contributed by atoms with Gasteiger partial charge in [-0.2, -0.15) is 65.9 Å². The van der Waals surface area contributed by atoms with Gasteiger partial charge in [-0.1, -0.05) is 127 Å². The number of halogens is 18. The van der Waals surface area contributed by atoms with Crippen LogP contribution in [0.2, 0.25) is 0 Å². The van der Waals surface area contributed by atoms with Gasteiger partial charge < -0.3 is 43.2 Å². The van der Waals surface area contributed by atoms with Gasteiger partial charge in [-0.3, -0.25) is 14.4 Å². The Labute approximate surface area is 861 Å². The first-order valence-electron chi connectivity index (χ1n) is 48.1. The second kappa shape index (κ2) is 46.6. The van der Waals surface area contributed by atoms with E-state index in [2.05, 4.69) is 93.6 Å². The second-order valence-electron chi connectivity index (χ2n) is 40.7. The monoisotopic (exact) mass is 2220 g/mol. The summed E-state index contributed by atoms with van der Waals surface area (Å²) in [4.78, 5) is 40.9. The Morgan fingerprint density at radius 1 is 0.315 bits per heavy atom. The van der Waals surface area contributed by atoms with Crippen LogP contribution in [0.25, 0.3) is 0 Å². The molecule has 0 spiro atoms. The van der Waals surface area contributed by atoms with Crippen LogP contribution in [0.5, 0.6) is 0 Å². The summed E-state index contributed by atoms with van der Waals surface area (Å²) in [5.74, 6) is -2.49. The van der Waals surface area contributed by atoms with E-state index in [1.807, 2.05) is 0 Å². The molecule has 0 saturated heterocycles. The van der Waals surface area contributed by atoms with E-state index in [4.69, 9.17) is 14.2 Å². The summed E-state index contributed by atoms with van der Waals surface area (Å²) in [6.45, 7) is 5.91. The van der Waals surface area contributed by atoms with Gasteiger partial charge in [-0.25, -0.2) is 38.4 Å². The Morgan fingerprint density at radius 2 is 0.537 bits per heavy atom. The van der Waals surface area contributed by atoms with Crippen molar-refractivity contribution in [3.8, 4) is 0 Å². The summed E-state index contributed by atoms with van der Waals surface area (Å²) in [7, 11) is -17.4. The van der Waals surface area contributed by atoms with Gasteiger partial charge in [-0.15, -0.1) is 0 Å². The van der Waals surface area contributed by atoms with Crippen molar-refractivity contribution in [3.05, 3.63) is 269 Å². The van der Waals surface area contributed by atoms with E-state index >= 15 is 0 Å². The first kappa shape index (κ1) is 117. The summed E-state index contributed by atoms with van der Waals surface area (Å²) in [5.41, 5.74) is -6.78. The highest BCUT2D eigenvalue weighted by atomic mass is 32.2. The van der Waals surface area contributed by atoms with E-state index in [0.717, 1.165) is 125 Å². The fourth-order valence-electron chi connectivity index (χ4n) is 23.8. The largest absolute Gasteiger partial charge is 0.748 e. The molecule has 42 heteroatoms. The number of benzene rings is 9. The molecule has 9 atom stereocenters. The van der Waals surface area contributed by atoms with Gasteiger partial charge in [0.1, 0.15) is 57.0 Å². The third-order valence-corrected chi connectivity index (χ3v) is 38.1. The Hall–Kier alpha value is -9.21. The Balaban J connectivity index is 0.000000150. The number of rotatable bonds is 27. The zero-order chi connectivity index (χ0) is 109. The van der Waals surface area contributed by atoms with Gasteiger partial charge in [-0.05, 0) is 257 Å². The molecule has 21 rings (SSSR count). The van der Waals surface area contributed by atoms with Gasteiger partial charge in [0.05, 0.1) is 123 Å². The molecule has 149 heavy (non-hydrogen) atoms. The fraction of sp³-hybridized carbons (Fsp3) is 0.467. The average Bonchev–Trinajstić information content (AvgIpc) is 0.725. The van der Waals surface area contributed by atoms with Gasteiger partial charge in [0.25, 0.3) is 0 Å². The molecule has 810 valence electrons. The molecule has 12 aliphatic carbocycles. The lowest BCUT2D eigenvalue weighted by molar-refractivity contribution is -0.196. The van der Waals surface area contributed by atoms with Crippen LogP contribution in [0.1, 0.15) is 179 Å². The highest BCUT2D eigenvalue weighted by molar-refractivity contribution is 7.98. The third-order valence-electron chi connectivity index (χ3n) is 28.5. The maximum atomic E-state index is 13.7. The van der Waals surface area contributed by atoms with Crippen molar-refractivity contribution in [2.45, 2.75) is 266 Å². The Bertz CT molecular complexity index is 5930. The van der Waals surface area contributed by atoms with E-state index in [-0.39, 0.29) is 60.9 Å². The topological polar surface area (TPSA) is 311 Å². The molecule has 0 aliphatic heterocycles. The highest BCUT2D eigenvalue weighted by Gasteiger charge is 2.65. The van der Waals surface area contributed by atoms with Crippen LogP contribution in [0.15, 0.2) is 269 Å². The normalized spacial score (nSPS) is 25.1. The summed E-state index contributed by atoms with van der Waals surface area (Å²) < 4.78 is 352. The van der Waals surface area contributed by atoms with Crippen molar-refractivity contribution in [2.24, 2.45) is 51.8 Å². The molecule has 0 radical (unpaired) electrons. The lowest BCUT2D eigenvalue weighted by Gasteiger charge is -2.58. The van der Waals surface area contributed by atoms with E-state index in [9.17, 15) is 148 Å². The smallest absolute Gasteiger partial charge is 0.421 e. The first-order valence-corrected chi connectivity index (χ1v) is 56.5. The molecule has 12 bridgehead atoms. The van der Waals surface area contributed by atoms with Gasteiger partial charge in [0.15, 0.2) is 44.1 Å². The molecule has 0 amide bonds. The summed E-state index contributed by atoms with van der Waals surface area (Å²) in [6.07, 6.45) is -18.1. The second-order valence-corrected chi connectivity index (χ2v) is 50.9. The van der Waals surface area contributed by atoms with Crippen LogP contribution < -0.4 is 0 Å². The molecule has 12 saturated carbocycles. The van der Waals surface area contributed by atoms with Crippen molar-refractivity contribution >= 4 is 80.9 Å². The number of carbonyl (C=O) groups excluding carboxylic acids is 3. The first-order chi connectivity index (χ1) is 69.4. The summed E-state index contributed by atoms with van der Waals surface area (Å²) in [6, 6.07) is 56.3. The molecule has 0 aromatic heterocycles. The number of aryl methyl sites for hydroxylation is 3. The van der Waals surface area contributed by atoms with Crippen molar-refractivity contribution < 1.29 is 162 Å². The quantitative estimate of drug-likeness (QED) is 0.0142. The predicted octanol–water partition coefficient (Wildman–Crippen LogP) is 23.8. The molecule has 18 nitrogen and oxygen atoms in total. The minimum absolute atomic E-state index is 0.0328. The zero-order valence-electron chi connectivity index (χ0n) is 80.9. The summed E-state index contributed by atoms with van der Waals surface area (Å²) in [5, 5.41) is 31.8. The molecule has 9 unspecified atom stereocenters. The van der Waals surface area contributed by atoms with E-state index < -0.39 is 212 Å². The molecule has 3 N–H and O–H groups in total. The summed E-state index contributed by atoms with van der Waals surface area (Å²) >= 11 is 0. The van der Waals surface area contributed by atoms with Gasteiger partial charge in [0, 0.05) is 48.1 Å². The fourth-order valence-corrected chi connectivity index (χ4v) is 32.9. The van der Waals surface area contributed by atoms with Crippen LogP contribution in [-0.2, 0) is 123 Å². The van der Waals surface area contributed by atoms with Crippen molar-refractivity contribution in [1.82, 2.24) is 0 Å². The highest BCUT2D eigenvalue weighted by Crippen LogP contribution is 2.65. The van der Waals surface area contributed by atoms with Crippen LogP contribution in [0.3, 0.4) is 0 Å². The molecule has 9 aromatic carbocycles. The lowest BCUT2D eigenvalue weighted by atomic mass is 9.48.